The fourth-order valence-electron chi connectivity index (χ4n) is 0.782. The topological polar surface area (TPSA) is 61.0 Å². The van der Waals surface area contributed by atoms with Gasteiger partial charge in [0.15, 0.2) is 0 Å². The van der Waals surface area contributed by atoms with E-state index in [0.29, 0.717) is 13.2 Å². The van der Waals surface area contributed by atoms with Crippen molar-refractivity contribution in [2.45, 2.75) is 13.2 Å². The average Bonchev–Trinajstić information content (AvgIpc) is 2.06. The Morgan fingerprint density at radius 2 is 2.18 bits per heavy atom. The number of aromatic nitrogens is 2. The molecule has 4 heteroatoms. The van der Waals surface area contributed by atoms with Gasteiger partial charge in [-0.2, -0.15) is 0 Å². The van der Waals surface area contributed by atoms with E-state index < -0.39 is 0 Å². The van der Waals surface area contributed by atoms with E-state index >= 15 is 0 Å². The van der Waals surface area contributed by atoms with Gasteiger partial charge >= 0.3 is 0 Å². The van der Waals surface area contributed by atoms with Gasteiger partial charge in [0.1, 0.15) is 6.33 Å². The maximum atomic E-state index is 5.38. The van der Waals surface area contributed by atoms with Gasteiger partial charge in [0.2, 0.25) is 0 Å². The summed E-state index contributed by atoms with van der Waals surface area (Å²) >= 11 is 0. The van der Waals surface area contributed by atoms with Crippen LogP contribution in [0.3, 0.4) is 0 Å². The van der Waals surface area contributed by atoms with Crippen LogP contribution in [-0.4, -0.2) is 17.1 Å². The molecule has 11 heavy (non-hydrogen) atoms. The molecule has 1 heterocycles. The molecule has 60 valence electrons. The van der Waals surface area contributed by atoms with Crippen LogP contribution in [0, 0.1) is 0 Å². The maximum absolute atomic E-state index is 5.38. The lowest BCUT2D eigenvalue weighted by Gasteiger charge is -1.99. The Morgan fingerprint density at radius 3 is 2.82 bits per heavy atom. The predicted octanol–water partition coefficient (Wildman–Crippen LogP) is 0.0817. The van der Waals surface area contributed by atoms with Gasteiger partial charge in [-0.05, 0) is 6.07 Å². The summed E-state index contributed by atoms with van der Waals surface area (Å²) in [7, 11) is 1.63. The van der Waals surface area contributed by atoms with Crippen molar-refractivity contribution in [2.24, 2.45) is 5.73 Å². The largest absolute Gasteiger partial charge is 0.378 e. The minimum Gasteiger partial charge on any atom is -0.378 e. The van der Waals surface area contributed by atoms with Crippen LogP contribution >= 0.6 is 0 Å². The van der Waals surface area contributed by atoms with Crippen molar-refractivity contribution in [3.8, 4) is 0 Å². The number of nitrogens with zero attached hydrogens (tertiary/aromatic N) is 2. The first-order chi connectivity index (χ1) is 5.36. The van der Waals surface area contributed by atoms with Crippen LogP contribution in [0.15, 0.2) is 12.4 Å². The highest BCUT2D eigenvalue weighted by atomic mass is 16.5. The lowest BCUT2D eigenvalue weighted by molar-refractivity contribution is 0.181. The van der Waals surface area contributed by atoms with Gasteiger partial charge in [0.05, 0.1) is 18.0 Å². The lowest BCUT2D eigenvalue weighted by Crippen LogP contribution is -2.02. The zero-order valence-electron chi connectivity index (χ0n) is 6.45. The quantitative estimate of drug-likeness (QED) is 0.668. The highest BCUT2D eigenvalue weighted by molar-refractivity contribution is 5.06. The molecule has 0 fully saturated rings. The molecule has 0 saturated heterocycles. The van der Waals surface area contributed by atoms with Crippen molar-refractivity contribution in [1.29, 1.82) is 0 Å². The van der Waals surface area contributed by atoms with Gasteiger partial charge in [-0.3, -0.25) is 0 Å². The fourth-order valence-corrected chi connectivity index (χ4v) is 0.782. The van der Waals surface area contributed by atoms with Crippen LogP contribution in [0.25, 0.3) is 0 Å². The summed E-state index contributed by atoms with van der Waals surface area (Å²) in [5, 5.41) is 0. The molecule has 4 nitrogen and oxygen atoms in total. The maximum Gasteiger partial charge on any atom is 0.116 e. The molecule has 0 radical (unpaired) electrons. The third-order valence-corrected chi connectivity index (χ3v) is 1.28. The average molecular weight is 153 g/mol. The molecule has 1 rings (SSSR count). The van der Waals surface area contributed by atoms with Crippen LogP contribution in [0.2, 0.25) is 0 Å². The third kappa shape index (κ3) is 2.25. The highest BCUT2D eigenvalue weighted by Gasteiger charge is 1.95. The van der Waals surface area contributed by atoms with E-state index in [1.54, 1.807) is 7.11 Å². The molecular weight excluding hydrogens is 142 g/mol. The summed E-state index contributed by atoms with van der Waals surface area (Å²) in [6.45, 7) is 0.953. The molecule has 0 aromatic carbocycles. The molecule has 1 aromatic rings. The number of nitrogens with two attached hydrogens (primary N) is 1. The van der Waals surface area contributed by atoms with Gasteiger partial charge in [0, 0.05) is 13.7 Å². The highest BCUT2D eigenvalue weighted by Crippen LogP contribution is 1.97. The van der Waals surface area contributed by atoms with Gasteiger partial charge in [-0.15, -0.1) is 0 Å². The zero-order chi connectivity index (χ0) is 8.10. The standard InChI is InChI=1S/C7H11N3O/c1-11-4-7-2-6(3-8)9-5-10-7/h2,5H,3-4,8H2,1H3. The second-order valence-electron chi connectivity index (χ2n) is 2.14. The van der Waals surface area contributed by atoms with E-state index in [-0.39, 0.29) is 0 Å². The summed E-state index contributed by atoms with van der Waals surface area (Å²) < 4.78 is 4.90. The smallest absolute Gasteiger partial charge is 0.116 e. The summed E-state index contributed by atoms with van der Waals surface area (Å²) in [6, 6.07) is 1.84. The Balaban J connectivity index is 2.74. The lowest BCUT2D eigenvalue weighted by atomic mass is 10.3. The van der Waals surface area contributed by atoms with Crippen molar-refractivity contribution in [3.05, 3.63) is 23.8 Å². The normalized spacial score (nSPS) is 10.0. The number of ether oxygens (including phenoxy) is 1. The molecule has 0 aliphatic carbocycles. The predicted molar refractivity (Wildman–Crippen MR) is 40.6 cm³/mol. The van der Waals surface area contributed by atoms with E-state index in [9.17, 15) is 0 Å². The third-order valence-electron chi connectivity index (χ3n) is 1.28. The summed E-state index contributed by atoms with van der Waals surface area (Å²) in [5.74, 6) is 0. The number of methoxy groups -OCH3 is 1. The molecule has 1 aromatic heterocycles. The molecule has 0 atom stereocenters. The van der Waals surface area contributed by atoms with Crippen molar-refractivity contribution in [3.63, 3.8) is 0 Å². The first-order valence-corrected chi connectivity index (χ1v) is 3.35. The minimum atomic E-state index is 0.444. The first-order valence-electron chi connectivity index (χ1n) is 3.35. The summed E-state index contributed by atoms with van der Waals surface area (Å²) in [4.78, 5) is 7.93. The van der Waals surface area contributed by atoms with Crippen molar-refractivity contribution >= 4 is 0 Å². The van der Waals surface area contributed by atoms with Crippen LogP contribution < -0.4 is 5.73 Å². The second-order valence-corrected chi connectivity index (χ2v) is 2.14. The van der Waals surface area contributed by atoms with Gasteiger partial charge in [-0.25, -0.2) is 9.97 Å². The SMILES string of the molecule is COCc1cc(CN)ncn1. The minimum absolute atomic E-state index is 0.444. The number of hydrogen-bond donors (Lipinski definition) is 1. The zero-order valence-corrected chi connectivity index (χ0v) is 6.45. The number of hydrogen-bond acceptors (Lipinski definition) is 4. The van der Waals surface area contributed by atoms with Gasteiger partial charge in [0.25, 0.3) is 0 Å². The van der Waals surface area contributed by atoms with E-state index in [2.05, 4.69) is 9.97 Å². The van der Waals surface area contributed by atoms with Crippen LogP contribution in [0.4, 0.5) is 0 Å². The second kappa shape index (κ2) is 4.00. The first kappa shape index (κ1) is 8.10. The molecule has 0 aliphatic heterocycles. The molecule has 0 aliphatic rings. The van der Waals surface area contributed by atoms with Crippen LogP contribution in [0.5, 0.6) is 0 Å². The molecule has 0 amide bonds. The summed E-state index contributed by atoms with van der Waals surface area (Å²) in [5.41, 5.74) is 7.09. The molecule has 2 N–H and O–H groups in total. The van der Waals surface area contributed by atoms with Crippen molar-refractivity contribution in [1.82, 2.24) is 9.97 Å². The monoisotopic (exact) mass is 153 g/mol. The number of rotatable bonds is 3. The van der Waals surface area contributed by atoms with E-state index in [0.717, 1.165) is 11.4 Å². The molecule has 0 unspecified atom stereocenters. The Hall–Kier alpha value is -1.00. The van der Waals surface area contributed by atoms with E-state index in [1.807, 2.05) is 6.07 Å². The van der Waals surface area contributed by atoms with Crippen molar-refractivity contribution in [2.75, 3.05) is 7.11 Å². The Morgan fingerprint density at radius 1 is 1.45 bits per heavy atom. The molecule has 0 saturated carbocycles. The Kier molecular flexibility index (Phi) is 2.95. The van der Waals surface area contributed by atoms with Gasteiger partial charge < -0.3 is 10.5 Å². The van der Waals surface area contributed by atoms with E-state index in [1.165, 1.54) is 6.33 Å². The fraction of sp³-hybridized carbons (Fsp3) is 0.429. The Labute approximate surface area is 65.4 Å². The van der Waals surface area contributed by atoms with Crippen molar-refractivity contribution < 1.29 is 4.74 Å². The molecular formula is C7H11N3O. The van der Waals surface area contributed by atoms with Crippen LogP contribution in [0.1, 0.15) is 11.4 Å². The summed E-state index contributed by atoms with van der Waals surface area (Å²) in [6.07, 6.45) is 1.50. The van der Waals surface area contributed by atoms with E-state index in [4.69, 9.17) is 10.5 Å². The molecule has 0 spiro atoms. The van der Waals surface area contributed by atoms with Crippen LogP contribution in [-0.2, 0) is 17.9 Å². The molecule has 0 bridgehead atoms. The Bertz CT molecular complexity index is 227. The van der Waals surface area contributed by atoms with Gasteiger partial charge in [-0.1, -0.05) is 0 Å².